The van der Waals surface area contributed by atoms with Crippen molar-refractivity contribution in [1.82, 2.24) is 15.5 Å². The number of carbonyl (C=O) groups is 4. The molecule has 144 valence electrons. The van der Waals surface area contributed by atoms with E-state index < -0.39 is 0 Å². The molecule has 1 saturated heterocycles. The standard InChI is InChI=1S/C19H29N3O4/c23-16(20-11-9-17(24)21-13-5-1-2-6-13)10-12-22-18(25)14-7-3-4-8-15(14)19(22)26/h13-15H,1-12H2,(H,20,23)(H,21,24). The highest BCUT2D eigenvalue weighted by Gasteiger charge is 2.47. The van der Waals surface area contributed by atoms with Crippen LogP contribution in [0.4, 0.5) is 0 Å². The molecule has 0 spiro atoms. The van der Waals surface area contributed by atoms with Crippen LogP contribution >= 0.6 is 0 Å². The van der Waals surface area contributed by atoms with Gasteiger partial charge in [-0.1, -0.05) is 25.7 Å². The van der Waals surface area contributed by atoms with Crippen molar-refractivity contribution in [1.29, 1.82) is 0 Å². The van der Waals surface area contributed by atoms with Gasteiger partial charge in [0.25, 0.3) is 0 Å². The summed E-state index contributed by atoms with van der Waals surface area (Å²) >= 11 is 0. The molecule has 0 aromatic rings. The summed E-state index contributed by atoms with van der Waals surface area (Å²) in [4.78, 5) is 49.8. The summed E-state index contributed by atoms with van der Waals surface area (Å²) in [5, 5.41) is 5.69. The first-order valence-electron chi connectivity index (χ1n) is 9.97. The van der Waals surface area contributed by atoms with Crippen LogP contribution in [0.2, 0.25) is 0 Å². The molecule has 0 aromatic heterocycles. The average Bonchev–Trinajstić information content (AvgIpc) is 3.21. The molecule has 7 nitrogen and oxygen atoms in total. The zero-order valence-electron chi connectivity index (χ0n) is 15.3. The van der Waals surface area contributed by atoms with Crippen molar-refractivity contribution < 1.29 is 19.2 Å². The summed E-state index contributed by atoms with van der Waals surface area (Å²) in [5.74, 6) is -0.815. The van der Waals surface area contributed by atoms with Gasteiger partial charge < -0.3 is 10.6 Å². The van der Waals surface area contributed by atoms with Crippen molar-refractivity contribution >= 4 is 23.6 Å². The Labute approximate surface area is 154 Å². The fourth-order valence-electron chi connectivity index (χ4n) is 4.44. The van der Waals surface area contributed by atoms with Crippen LogP contribution in [0.15, 0.2) is 0 Å². The van der Waals surface area contributed by atoms with E-state index in [2.05, 4.69) is 10.6 Å². The minimum atomic E-state index is -0.228. The van der Waals surface area contributed by atoms with Crippen LogP contribution in [-0.2, 0) is 19.2 Å². The summed E-state index contributed by atoms with van der Waals surface area (Å²) in [6.45, 7) is 0.426. The highest BCUT2D eigenvalue weighted by Crippen LogP contribution is 2.37. The van der Waals surface area contributed by atoms with Gasteiger partial charge in [-0.15, -0.1) is 0 Å². The quantitative estimate of drug-likeness (QED) is 0.663. The summed E-state index contributed by atoms with van der Waals surface area (Å²) in [6.07, 6.45) is 8.33. The first-order valence-corrected chi connectivity index (χ1v) is 9.97. The van der Waals surface area contributed by atoms with Crippen LogP contribution in [0.1, 0.15) is 64.2 Å². The second kappa shape index (κ2) is 8.64. The van der Waals surface area contributed by atoms with Crippen LogP contribution in [0.5, 0.6) is 0 Å². The number of amides is 4. The number of carbonyl (C=O) groups excluding carboxylic acids is 4. The lowest BCUT2D eigenvalue weighted by atomic mass is 9.81. The molecular formula is C19H29N3O4. The fourth-order valence-corrected chi connectivity index (χ4v) is 4.44. The molecule has 2 unspecified atom stereocenters. The van der Waals surface area contributed by atoms with E-state index in [1.54, 1.807) is 0 Å². The first-order chi connectivity index (χ1) is 12.6. The van der Waals surface area contributed by atoms with Gasteiger partial charge in [0.2, 0.25) is 23.6 Å². The highest BCUT2D eigenvalue weighted by atomic mass is 16.2. The molecule has 3 fully saturated rings. The maximum atomic E-state index is 12.4. The molecule has 26 heavy (non-hydrogen) atoms. The van der Waals surface area contributed by atoms with Gasteiger partial charge in [-0.2, -0.15) is 0 Å². The third-order valence-electron chi connectivity index (χ3n) is 5.89. The summed E-state index contributed by atoms with van der Waals surface area (Å²) in [6, 6.07) is 0.286. The van der Waals surface area contributed by atoms with Crippen LogP contribution in [-0.4, -0.2) is 47.7 Å². The maximum absolute atomic E-state index is 12.4. The van der Waals surface area contributed by atoms with Gasteiger partial charge in [-0.3, -0.25) is 24.1 Å². The van der Waals surface area contributed by atoms with Gasteiger partial charge in [0, 0.05) is 32.0 Å². The molecule has 2 N–H and O–H groups in total. The highest BCUT2D eigenvalue weighted by molar-refractivity contribution is 6.05. The minimum absolute atomic E-state index is 0.0360. The van der Waals surface area contributed by atoms with Crippen LogP contribution in [0, 0.1) is 11.8 Å². The summed E-state index contributed by atoms with van der Waals surface area (Å²) < 4.78 is 0. The number of hydrogen-bond donors (Lipinski definition) is 2. The molecule has 0 aromatic carbocycles. The second-order valence-electron chi connectivity index (χ2n) is 7.72. The fraction of sp³-hybridized carbons (Fsp3) is 0.789. The maximum Gasteiger partial charge on any atom is 0.233 e. The van der Waals surface area contributed by atoms with E-state index in [9.17, 15) is 19.2 Å². The molecule has 0 bridgehead atoms. The van der Waals surface area contributed by atoms with E-state index >= 15 is 0 Å². The molecule has 0 radical (unpaired) electrons. The zero-order chi connectivity index (χ0) is 18.5. The van der Waals surface area contributed by atoms with Gasteiger partial charge in [0.1, 0.15) is 0 Å². The van der Waals surface area contributed by atoms with Crippen LogP contribution < -0.4 is 10.6 Å². The van der Waals surface area contributed by atoms with Gasteiger partial charge >= 0.3 is 0 Å². The number of fused-ring (bicyclic) bond motifs is 1. The predicted molar refractivity (Wildman–Crippen MR) is 94.8 cm³/mol. The number of imide groups is 1. The Kier molecular flexibility index (Phi) is 6.27. The number of hydrogen-bond acceptors (Lipinski definition) is 4. The van der Waals surface area contributed by atoms with Crippen molar-refractivity contribution in [3.8, 4) is 0 Å². The lowest BCUT2D eigenvalue weighted by Gasteiger charge is -2.19. The molecule has 1 aliphatic heterocycles. The van der Waals surface area contributed by atoms with Gasteiger partial charge in [-0.05, 0) is 25.7 Å². The van der Waals surface area contributed by atoms with Crippen LogP contribution in [0.25, 0.3) is 0 Å². The van der Waals surface area contributed by atoms with E-state index in [-0.39, 0.29) is 67.4 Å². The number of likely N-dealkylation sites (tertiary alicyclic amines) is 1. The van der Waals surface area contributed by atoms with Crippen molar-refractivity contribution in [3.63, 3.8) is 0 Å². The number of nitrogens with one attached hydrogen (secondary N) is 2. The van der Waals surface area contributed by atoms with E-state index in [0.29, 0.717) is 0 Å². The topological polar surface area (TPSA) is 95.6 Å². The molecule has 2 atom stereocenters. The first kappa shape index (κ1) is 18.9. The van der Waals surface area contributed by atoms with E-state index in [1.807, 2.05) is 0 Å². The molecule has 3 aliphatic rings. The van der Waals surface area contributed by atoms with Gasteiger partial charge in [0.05, 0.1) is 11.8 Å². The summed E-state index contributed by atoms with van der Waals surface area (Å²) in [7, 11) is 0. The van der Waals surface area contributed by atoms with Crippen molar-refractivity contribution in [3.05, 3.63) is 0 Å². The molecule has 2 saturated carbocycles. The number of rotatable bonds is 7. The molecule has 7 heteroatoms. The third kappa shape index (κ3) is 4.43. The Balaban J connectivity index is 1.34. The SMILES string of the molecule is O=C(CCN1C(=O)C2CCCCC2C1=O)NCCC(=O)NC1CCCC1. The second-order valence-corrected chi connectivity index (χ2v) is 7.72. The third-order valence-corrected chi connectivity index (χ3v) is 5.89. The average molecular weight is 363 g/mol. The van der Waals surface area contributed by atoms with Crippen molar-refractivity contribution in [2.24, 2.45) is 11.8 Å². The van der Waals surface area contributed by atoms with Gasteiger partial charge in [0.15, 0.2) is 0 Å². The monoisotopic (exact) mass is 363 g/mol. The van der Waals surface area contributed by atoms with E-state index in [4.69, 9.17) is 0 Å². The molecule has 4 amide bonds. The Morgan fingerprint density at radius 2 is 1.42 bits per heavy atom. The van der Waals surface area contributed by atoms with Gasteiger partial charge in [-0.25, -0.2) is 0 Å². The largest absolute Gasteiger partial charge is 0.356 e. The van der Waals surface area contributed by atoms with E-state index in [1.165, 1.54) is 4.90 Å². The zero-order valence-corrected chi connectivity index (χ0v) is 15.3. The van der Waals surface area contributed by atoms with Crippen molar-refractivity contribution in [2.75, 3.05) is 13.1 Å². The Hall–Kier alpha value is -1.92. The lowest BCUT2D eigenvalue weighted by Crippen LogP contribution is -2.37. The molecule has 1 heterocycles. The van der Waals surface area contributed by atoms with Crippen LogP contribution in [0.3, 0.4) is 0 Å². The Morgan fingerprint density at radius 1 is 0.846 bits per heavy atom. The minimum Gasteiger partial charge on any atom is -0.356 e. The molecular weight excluding hydrogens is 334 g/mol. The van der Waals surface area contributed by atoms with E-state index in [0.717, 1.165) is 51.4 Å². The predicted octanol–water partition coefficient (Wildman–Crippen LogP) is 1.12. The molecule has 3 rings (SSSR count). The number of nitrogens with zero attached hydrogens (tertiary/aromatic N) is 1. The normalized spacial score (nSPS) is 26.1. The summed E-state index contributed by atoms with van der Waals surface area (Å²) in [5.41, 5.74) is 0. The van der Waals surface area contributed by atoms with Crippen molar-refractivity contribution in [2.45, 2.75) is 70.3 Å². The molecule has 2 aliphatic carbocycles. The Bertz CT molecular complexity index is 547. The smallest absolute Gasteiger partial charge is 0.233 e. The Morgan fingerprint density at radius 3 is 2.04 bits per heavy atom. The lowest BCUT2D eigenvalue weighted by molar-refractivity contribution is -0.140.